The van der Waals surface area contributed by atoms with E-state index in [0.717, 1.165) is 6.42 Å². The molecule has 0 spiro atoms. The lowest BCUT2D eigenvalue weighted by Gasteiger charge is -2.09. The molecule has 0 saturated carbocycles. The fourth-order valence-corrected chi connectivity index (χ4v) is 2.93. The van der Waals surface area contributed by atoms with Crippen molar-refractivity contribution in [2.75, 3.05) is 17.7 Å². The van der Waals surface area contributed by atoms with Crippen LogP contribution >= 0.6 is 0 Å². The minimum absolute atomic E-state index is 0.0512. The van der Waals surface area contributed by atoms with Crippen LogP contribution in [0.3, 0.4) is 0 Å². The summed E-state index contributed by atoms with van der Waals surface area (Å²) in [5.74, 6) is 0.849. The number of hydrogen-bond acceptors (Lipinski definition) is 4. The molecule has 6 heteroatoms. The molecule has 3 aromatic rings. The van der Waals surface area contributed by atoms with Gasteiger partial charge in [-0.2, -0.15) is 0 Å². The summed E-state index contributed by atoms with van der Waals surface area (Å²) >= 11 is 0. The number of fused-ring (bicyclic) bond motifs is 1. The molecule has 2 N–H and O–H groups in total. The van der Waals surface area contributed by atoms with Crippen molar-refractivity contribution in [3.05, 3.63) is 53.8 Å². The lowest BCUT2D eigenvalue weighted by molar-refractivity contribution is -0.116. The van der Waals surface area contributed by atoms with Crippen molar-refractivity contribution in [2.24, 2.45) is 0 Å². The molecule has 0 aliphatic carbocycles. The van der Waals surface area contributed by atoms with Crippen LogP contribution in [-0.2, 0) is 4.79 Å². The molecule has 0 bridgehead atoms. The Morgan fingerprint density at radius 1 is 1.07 bits per heavy atom. The monoisotopic (exact) mass is 366 g/mol. The van der Waals surface area contributed by atoms with Crippen molar-refractivity contribution in [1.82, 2.24) is 0 Å². The normalized spacial score (nSPS) is 10.6. The van der Waals surface area contributed by atoms with E-state index in [9.17, 15) is 9.59 Å². The number of anilines is 2. The predicted octanol–water partition coefficient (Wildman–Crippen LogP) is 4.74. The van der Waals surface area contributed by atoms with Gasteiger partial charge in [-0.3, -0.25) is 9.59 Å². The largest absolute Gasteiger partial charge is 0.497 e. The molecule has 0 unspecified atom stereocenters. The molecule has 0 saturated heterocycles. The highest BCUT2D eigenvalue weighted by molar-refractivity contribution is 6.13. The van der Waals surface area contributed by atoms with Gasteiger partial charge in [-0.1, -0.05) is 13.0 Å². The van der Waals surface area contributed by atoms with E-state index in [1.165, 1.54) is 0 Å². The quantitative estimate of drug-likeness (QED) is 0.660. The second-order valence-electron chi connectivity index (χ2n) is 6.23. The molecule has 6 nitrogen and oxygen atoms in total. The van der Waals surface area contributed by atoms with Gasteiger partial charge >= 0.3 is 0 Å². The van der Waals surface area contributed by atoms with Gasteiger partial charge in [-0.05, 0) is 49.7 Å². The number of nitrogens with one attached hydrogen (secondary N) is 2. The minimum atomic E-state index is -0.281. The van der Waals surface area contributed by atoms with Gasteiger partial charge in [0.25, 0.3) is 5.91 Å². The summed E-state index contributed by atoms with van der Waals surface area (Å²) in [4.78, 5) is 24.6. The summed E-state index contributed by atoms with van der Waals surface area (Å²) in [5.41, 5.74) is 2.32. The van der Waals surface area contributed by atoms with E-state index in [4.69, 9.17) is 9.15 Å². The summed E-state index contributed by atoms with van der Waals surface area (Å²) in [6.07, 6.45) is 1.23. The van der Waals surface area contributed by atoms with Crippen molar-refractivity contribution in [2.45, 2.75) is 26.7 Å². The van der Waals surface area contributed by atoms with Gasteiger partial charge in [0.05, 0.1) is 12.7 Å². The number of amides is 2. The Morgan fingerprint density at radius 3 is 2.52 bits per heavy atom. The van der Waals surface area contributed by atoms with Gasteiger partial charge in [0.2, 0.25) is 5.91 Å². The van der Waals surface area contributed by atoms with Crippen LogP contribution in [0.1, 0.15) is 35.9 Å². The minimum Gasteiger partial charge on any atom is -0.497 e. The fourth-order valence-electron chi connectivity index (χ4n) is 2.93. The summed E-state index contributed by atoms with van der Waals surface area (Å²) in [7, 11) is 1.58. The van der Waals surface area contributed by atoms with Crippen molar-refractivity contribution in [1.29, 1.82) is 0 Å². The number of rotatable bonds is 6. The summed E-state index contributed by atoms with van der Waals surface area (Å²) in [6.45, 7) is 3.70. The first-order valence-electron chi connectivity index (χ1n) is 8.80. The molecular weight excluding hydrogens is 344 g/mol. The number of benzene rings is 2. The first-order valence-corrected chi connectivity index (χ1v) is 8.80. The van der Waals surface area contributed by atoms with Gasteiger partial charge in [0, 0.05) is 23.2 Å². The third-order valence-corrected chi connectivity index (χ3v) is 4.18. The van der Waals surface area contributed by atoms with Crippen LogP contribution < -0.4 is 15.4 Å². The number of hydrogen-bond donors (Lipinski definition) is 2. The Kier molecular flexibility index (Phi) is 5.45. The van der Waals surface area contributed by atoms with Gasteiger partial charge in [-0.25, -0.2) is 0 Å². The zero-order valence-corrected chi connectivity index (χ0v) is 15.6. The Bertz CT molecular complexity index is 991. The van der Waals surface area contributed by atoms with E-state index < -0.39 is 0 Å². The van der Waals surface area contributed by atoms with Gasteiger partial charge in [-0.15, -0.1) is 0 Å². The summed E-state index contributed by atoms with van der Waals surface area (Å²) < 4.78 is 10.9. The number of ether oxygens (including phenoxy) is 1. The van der Waals surface area contributed by atoms with E-state index in [0.29, 0.717) is 45.8 Å². The van der Waals surface area contributed by atoms with E-state index >= 15 is 0 Å². The lowest BCUT2D eigenvalue weighted by atomic mass is 10.1. The molecule has 3 rings (SSSR count). The van der Waals surface area contributed by atoms with E-state index in [2.05, 4.69) is 10.6 Å². The molecule has 27 heavy (non-hydrogen) atoms. The number of methoxy groups -OCH3 is 1. The Labute approximate surface area is 157 Å². The Morgan fingerprint density at radius 2 is 1.81 bits per heavy atom. The Hall–Kier alpha value is -3.28. The average molecular weight is 366 g/mol. The van der Waals surface area contributed by atoms with Crippen LogP contribution in [0.4, 0.5) is 11.4 Å². The number of furan rings is 1. The first-order chi connectivity index (χ1) is 13.0. The maximum absolute atomic E-state index is 12.8. The SMILES string of the molecule is CCCC(=O)Nc1cccc(NC(=O)c2c(C)oc3ccc(OC)cc23)c1. The first kappa shape index (κ1) is 18.5. The molecule has 1 aromatic heterocycles. The predicted molar refractivity (Wildman–Crippen MR) is 105 cm³/mol. The standard InChI is InChI=1S/C21H22N2O4/c1-4-6-19(24)22-14-7-5-8-15(11-14)23-21(25)20-13(2)27-18-10-9-16(26-3)12-17(18)20/h5,7-12H,4,6H2,1-3H3,(H,22,24)(H,23,25). The number of carbonyl (C=O) groups is 2. The van der Waals surface area contributed by atoms with Crippen molar-refractivity contribution in [3.8, 4) is 5.75 Å². The van der Waals surface area contributed by atoms with Gasteiger partial charge in [0.15, 0.2) is 0 Å². The molecule has 0 atom stereocenters. The maximum Gasteiger partial charge on any atom is 0.259 e. The van der Waals surface area contributed by atoms with Crippen LogP contribution in [0.2, 0.25) is 0 Å². The highest BCUT2D eigenvalue weighted by Crippen LogP contribution is 2.30. The van der Waals surface area contributed by atoms with Crippen LogP contribution in [0.25, 0.3) is 11.0 Å². The third kappa shape index (κ3) is 4.11. The second kappa shape index (κ2) is 7.95. The molecule has 1 heterocycles. The molecule has 0 radical (unpaired) electrons. The maximum atomic E-state index is 12.8. The van der Waals surface area contributed by atoms with Crippen molar-refractivity contribution < 1.29 is 18.7 Å². The Balaban J connectivity index is 1.84. The molecule has 0 fully saturated rings. The summed E-state index contributed by atoms with van der Waals surface area (Å²) in [5, 5.41) is 6.38. The molecule has 2 aromatic carbocycles. The smallest absolute Gasteiger partial charge is 0.259 e. The van der Waals surface area contributed by atoms with Gasteiger partial charge in [0.1, 0.15) is 17.1 Å². The van der Waals surface area contributed by atoms with Crippen LogP contribution in [0.5, 0.6) is 5.75 Å². The molecule has 2 amide bonds. The molecule has 0 aliphatic heterocycles. The zero-order chi connectivity index (χ0) is 19.4. The van der Waals surface area contributed by atoms with Crippen LogP contribution in [0.15, 0.2) is 46.9 Å². The third-order valence-electron chi connectivity index (χ3n) is 4.18. The second-order valence-corrected chi connectivity index (χ2v) is 6.23. The molecule has 140 valence electrons. The molecular formula is C21H22N2O4. The topological polar surface area (TPSA) is 80.6 Å². The fraction of sp³-hybridized carbons (Fsp3) is 0.238. The highest BCUT2D eigenvalue weighted by atomic mass is 16.5. The average Bonchev–Trinajstić information content (AvgIpc) is 2.96. The van der Waals surface area contributed by atoms with Crippen LogP contribution in [-0.4, -0.2) is 18.9 Å². The van der Waals surface area contributed by atoms with E-state index in [1.54, 1.807) is 56.5 Å². The number of carbonyl (C=O) groups excluding carboxylic acids is 2. The van der Waals surface area contributed by atoms with Crippen LogP contribution in [0, 0.1) is 6.92 Å². The lowest BCUT2D eigenvalue weighted by Crippen LogP contribution is -2.14. The number of aryl methyl sites for hydroxylation is 1. The van der Waals surface area contributed by atoms with Gasteiger partial charge < -0.3 is 19.8 Å². The van der Waals surface area contributed by atoms with E-state index in [-0.39, 0.29) is 11.8 Å². The summed E-state index contributed by atoms with van der Waals surface area (Å²) in [6, 6.07) is 12.4. The van der Waals surface area contributed by atoms with Crippen molar-refractivity contribution in [3.63, 3.8) is 0 Å². The zero-order valence-electron chi connectivity index (χ0n) is 15.6. The highest BCUT2D eigenvalue weighted by Gasteiger charge is 2.19. The molecule has 0 aliphatic rings. The van der Waals surface area contributed by atoms with Crippen molar-refractivity contribution >= 4 is 34.2 Å². The van der Waals surface area contributed by atoms with E-state index in [1.807, 2.05) is 6.92 Å².